The molecule has 4 rings (SSSR count). The highest BCUT2D eigenvalue weighted by Crippen LogP contribution is 2.45. The van der Waals surface area contributed by atoms with Gasteiger partial charge in [-0.3, -0.25) is 4.79 Å². The SMILES string of the molecule is CCC(C)(C)C1CCc2c(sc(NC(=O)CSc3nnc(C(C)Oc4cccc(C)c4C)n3C)c2C#N)C1. The van der Waals surface area contributed by atoms with E-state index in [1.54, 1.807) is 11.3 Å². The number of amides is 1. The molecular weight excluding hydrogens is 514 g/mol. The van der Waals surface area contributed by atoms with Crippen LogP contribution in [0.4, 0.5) is 5.00 Å². The second-order valence-corrected chi connectivity index (χ2v) is 12.8. The van der Waals surface area contributed by atoms with Gasteiger partial charge in [-0.15, -0.1) is 21.5 Å². The van der Waals surface area contributed by atoms with E-state index in [2.05, 4.69) is 55.3 Å². The van der Waals surface area contributed by atoms with Crippen molar-refractivity contribution in [1.82, 2.24) is 14.8 Å². The van der Waals surface area contributed by atoms with Gasteiger partial charge >= 0.3 is 0 Å². The number of ether oxygens (including phenoxy) is 1. The molecule has 0 fully saturated rings. The summed E-state index contributed by atoms with van der Waals surface area (Å²) in [7, 11) is 1.88. The van der Waals surface area contributed by atoms with E-state index in [1.165, 1.54) is 22.2 Å². The summed E-state index contributed by atoms with van der Waals surface area (Å²) < 4.78 is 8.04. The van der Waals surface area contributed by atoms with Crippen LogP contribution in [0.1, 0.15) is 79.6 Å². The van der Waals surface area contributed by atoms with E-state index in [-0.39, 0.29) is 23.2 Å². The van der Waals surface area contributed by atoms with E-state index in [0.717, 1.165) is 42.6 Å². The summed E-state index contributed by atoms with van der Waals surface area (Å²) in [4.78, 5) is 14.1. The van der Waals surface area contributed by atoms with Gasteiger partial charge in [0.05, 0.1) is 11.3 Å². The zero-order valence-corrected chi connectivity index (χ0v) is 25.0. The molecule has 0 saturated carbocycles. The average Bonchev–Trinajstić information content (AvgIpc) is 3.43. The molecule has 2 atom stereocenters. The van der Waals surface area contributed by atoms with E-state index in [4.69, 9.17) is 4.74 Å². The second kappa shape index (κ2) is 11.5. The Labute approximate surface area is 234 Å². The molecule has 0 radical (unpaired) electrons. The van der Waals surface area contributed by atoms with E-state index >= 15 is 0 Å². The maximum Gasteiger partial charge on any atom is 0.235 e. The Bertz CT molecular complexity index is 1370. The first-order valence-electron chi connectivity index (χ1n) is 13.1. The van der Waals surface area contributed by atoms with Crippen molar-refractivity contribution in [3.8, 4) is 11.8 Å². The predicted molar refractivity (Wildman–Crippen MR) is 154 cm³/mol. The number of rotatable bonds is 9. The van der Waals surface area contributed by atoms with Gasteiger partial charge in [0.1, 0.15) is 16.8 Å². The van der Waals surface area contributed by atoms with Crippen molar-refractivity contribution in [3.05, 3.63) is 51.2 Å². The Hall–Kier alpha value is -2.83. The number of thiophene rings is 1. The molecule has 0 bridgehead atoms. The topological polar surface area (TPSA) is 92.8 Å². The molecule has 0 spiro atoms. The van der Waals surface area contributed by atoms with E-state index < -0.39 is 0 Å². The predicted octanol–water partition coefficient (Wildman–Crippen LogP) is 6.78. The Morgan fingerprint density at radius 2 is 2.13 bits per heavy atom. The molecule has 0 aliphatic heterocycles. The summed E-state index contributed by atoms with van der Waals surface area (Å²) in [5, 5.41) is 22.8. The van der Waals surface area contributed by atoms with E-state index in [0.29, 0.717) is 27.5 Å². The smallest absolute Gasteiger partial charge is 0.235 e. The van der Waals surface area contributed by atoms with Crippen LogP contribution in [0.2, 0.25) is 0 Å². The number of nitrogens with one attached hydrogen (secondary N) is 1. The number of anilines is 1. The molecule has 9 heteroatoms. The van der Waals surface area contributed by atoms with E-state index in [1.807, 2.05) is 37.6 Å². The summed E-state index contributed by atoms with van der Waals surface area (Å²) in [5.41, 5.74) is 4.30. The summed E-state index contributed by atoms with van der Waals surface area (Å²) in [6, 6.07) is 8.35. The third-order valence-corrected chi connectivity index (χ3v) is 10.3. The van der Waals surface area contributed by atoms with Gasteiger partial charge in [-0.25, -0.2) is 0 Å². The highest BCUT2D eigenvalue weighted by molar-refractivity contribution is 7.99. The fourth-order valence-electron chi connectivity index (χ4n) is 4.94. The van der Waals surface area contributed by atoms with Gasteiger partial charge in [-0.2, -0.15) is 5.26 Å². The maximum absolute atomic E-state index is 12.9. The number of hydrogen-bond acceptors (Lipinski definition) is 7. The fraction of sp³-hybridized carbons (Fsp3) is 0.517. The van der Waals surface area contributed by atoms with E-state index in [9.17, 15) is 10.1 Å². The zero-order valence-electron chi connectivity index (χ0n) is 23.3. The van der Waals surface area contributed by atoms with Crippen molar-refractivity contribution in [2.75, 3.05) is 11.1 Å². The van der Waals surface area contributed by atoms with Crippen LogP contribution in [-0.4, -0.2) is 26.4 Å². The Kier molecular flexibility index (Phi) is 8.53. The van der Waals surface area contributed by atoms with Crippen molar-refractivity contribution in [1.29, 1.82) is 5.26 Å². The normalized spacial score (nSPS) is 16.0. The van der Waals surface area contributed by atoms with Crippen LogP contribution in [0.5, 0.6) is 5.75 Å². The molecule has 1 amide bonds. The Balaban J connectivity index is 1.39. The first-order valence-corrected chi connectivity index (χ1v) is 14.9. The third-order valence-electron chi connectivity index (χ3n) is 8.07. The lowest BCUT2D eigenvalue weighted by molar-refractivity contribution is -0.113. The third kappa shape index (κ3) is 5.76. The molecule has 1 aliphatic carbocycles. The summed E-state index contributed by atoms with van der Waals surface area (Å²) in [6.07, 6.45) is 3.79. The molecule has 1 aromatic carbocycles. The lowest BCUT2D eigenvalue weighted by Gasteiger charge is -2.36. The van der Waals surface area contributed by atoms with Gasteiger partial charge in [0.25, 0.3) is 0 Å². The van der Waals surface area contributed by atoms with Gasteiger partial charge in [0, 0.05) is 11.9 Å². The number of hydrogen-bond donors (Lipinski definition) is 1. The molecule has 38 heavy (non-hydrogen) atoms. The minimum atomic E-state index is -0.298. The van der Waals surface area contributed by atoms with Crippen molar-refractivity contribution in [2.45, 2.75) is 78.5 Å². The number of thioether (sulfide) groups is 1. The molecular formula is C29H37N5O2S2. The molecule has 2 unspecified atom stereocenters. The number of aromatic nitrogens is 3. The number of carbonyl (C=O) groups excluding carboxylic acids is 1. The number of nitrogens with zero attached hydrogens (tertiary/aromatic N) is 4. The fourth-order valence-corrected chi connectivity index (χ4v) is 6.95. The number of fused-ring (bicyclic) bond motifs is 1. The van der Waals surface area contributed by atoms with Gasteiger partial charge in [0.2, 0.25) is 5.91 Å². The molecule has 2 heterocycles. The van der Waals surface area contributed by atoms with Crippen molar-refractivity contribution >= 4 is 34.0 Å². The quantitative estimate of drug-likeness (QED) is 0.295. The second-order valence-electron chi connectivity index (χ2n) is 10.8. The van der Waals surface area contributed by atoms with Crippen LogP contribution in [0.25, 0.3) is 0 Å². The van der Waals surface area contributed by atoms with Crippen LogP contribution in [0.15, 0.2) is 23.4 Å². The Morgan fingerprint density at radius 1 is 1.37 bits per heavy atom. The first kappa shape index (κ1) is 28.2. The van der Waals surface area contributed by atoms with Crippen LogP contribution in [-0.2, 0) is 24.7 Å². The highest BCUT2D eigenvalue weighted by atomic mass is 32.2. The molecule has 0 saturated heterocycles. The van der Waals surface area contributed by atoms with Crippen LogP contribution in [0.3, 0.4) is 0 Å². The van der Waals surface area contributed by atoms with Gasteiger partial charge in [0.15, 0.2) is 17.1 Å². The lowest BCUT2D eigenvalue weighted by atomic mass is 9.69. The molecule has 1 aliphatic rings. The molecule has 1 N–H and O–H groups in total. The molecule has 2 aromatic heterocycles. The van der Waals surface area contributed by atoms with Crippen LogP contribution >= 0.6 is 23.1 Å². The molecule has 3 aromatic rings. The lowest BCUT2D eigenvalue weighted by Crippen LogP contribution is -2.28. The van der Waals surface area contributed by atoms with Gasteiger partial charge in [-0.1, -0.05) is 51.1 Å². The Morgan fingerprint density at radius 3 is 2.84 bits per heavy atom. The first-order chi connectivity index (χ1) is 18.1. The van der Waals surface area contributed by atoms with Gasteiger partial charge in [-0.05, 0) is 74.1 Å². The highest BCUT2D eigenvalue weighted by Gasteiger charge is 2.34. The minimum Gasteiger partial charge on any atom is -0.482 e. The van der Waals surface area contributed by atoms with Gasteiger partial charge < -0.3 is 14.6 Å². The number of carbonyl (C=O) groups is 1. The average molecular weight is 552 g/mol. The summed E-state index contributed by atoms with van der Waals surface area (Å²) in [6.45, 7) is 12.9. The van der Waals surface area contributed by atoms with Crippen LogP contribution < -0.4 is 10.1 Å². The molecule has 7 nitrogen and oxygen atoms in total. The zero-order chi connectivity index (χ0) is 27.6. The standard InChI is InChI=1S/C29H37N5O2S2/c1-8-29(5,6)20-12-13-21-22(15-30)27(38-24(21)14-20)31-25(35)16-37-28-33-32-26(34(28)7)19(4)36-23-11-9-10-17(2)18(23)3/h9-11,19-20H,8,12-14,16H2,1-7H3,(H,31,35). The molecule has 202 valence electrons. The summed E-state index contributed by atoms with van der Waals surface area (Å²) >= 11 is 2.89. The van der Waals surface area contributed by atoms with Crippen molar-refractivity contribution < 1.29 is 9.53 Å². The van der Waals surface area contributed by atoms with Crippen LogP contribution in [0, 0.1) is 36.5 Å². The largest absolute Gasteiger partial charge is 0.482 e. The minimum absolute atomic E-state index is 0.153. The monoisotopic (exact) mass is 551 g/mol. The number of aryl methyl sites for hydroxylation is 1. The van der Waals surface area contributed by atoms with Crippen molar-refractivity contribution in [2.24, 2.45) is 18.4 Å². The van der Waals surface area contributed by atoms with Crippen molar-refractivity contribution in [3.63, 3.8) is 0 Å². The summed E-state index contributed by atoms with van der Waals surface area (Å²) in [5.74, 6) is 2.13. The maximum atomic E-state index is 12.9. The number of nitriles is 1. The number of benzene rings is 1.